The molecule has 0 spiro atoms. The Morgan fingerprint density at radius 1 is 1.23 bits per heavy atom. The Morgan fingerprint density at radius 2 is 1.97 bits per heavy atom. The number of hydrogen-bond acceptors (Lipinski definition) is 3. The highest BCUT2D eigenvalue weighted by Gasteiger charge is 2.35. The van der Waals surface area contributed by atoms with Crippen molar-refractivity contribution in [3.8, 4) is 5.75 Å². The molecule has 4 nitrogen and oxygen atoms in total. The van der Waals surface area contributed by atoms with Crippen molar-refractivity contribution in [2.75, 3.05) is 19.0 Å². The van der Waals surface area contributed by atoms with Crippen molar-refractivity contribution >= 4 is 34.7 Å². The number of methoxy groups -OCH3 is 1. The maximum Gasteiger partial charge on any atom is 0.322 e. The van der Waals surface area contributed by atoms with Crippen molar-refractivity contribution in [3.05, 3.63) is 79.5 Å². The number of thiophene rings is 1. The number of halogens is 1. The van der Waals surface area contributed by atoms with Gasteiger partial charge in [0.1, 0.15) is 5.75 Å². The van der Waals surface area contributed by atoms with Gasteiger partial charge in [-0.05, 0) is 73.2 Å². The molecule has 1 aliphatic rings. The fraction of sp³-hybridized carbons (Fsp3) is 0.320. The number of fused-ring (bicyclic) bond motifs is 1. The van der Waals surface area contributed by atoms with Gasteiger partial charge in [0, 0.05) is 16.3 Å². The van der Waals surface area contributed by atoms with Crippen LogP contribution < -0.4 is 10.1 Å². The van der Waals surface area contributed by atoms with Crippen molar-refractivity contribution in [2.45, 2.75) is 39.7 Å². The Kier molecular flexibility index (Phi) is 6.26. The predicted molar refractivity (Wildman–Crippen MR) is 129 cm³/mol. The number of carbonyl (C=O) groups is 1. The number of urea groups is 1. The van der Waals surface area contributed by atoms with E-state index in [9.17, 15) is 4.79 Å². The second-order valence-corrected chi connectivity index (χ2v) is 9.53. The zero-order valence-electron chi connectivity index (χ0n) is 18.3. The van der Waals surface area contributed by atoms with E-state index in [0.717, 1.165) is 29.7 Å². The van der Waals surface area contributed by atoms with Crippen LogP contribution in [-0.4, -0.2) is 24.6 Å². The summed E-state index contributed by atoms with van der Waals surface area (Å²) < 4.78 is 5.34. The summed E-state index contributed by atoms with van der Waals surface area (Å²) in [4.78, 5) is 17.9. The third-order valence-electron chi connectivity index (χ3n) is 5.92. The summed E-state index contributed by atoms with van der Waals surface area (Å²) in [6.45, 7) is 7.02. The van der Waals surface area contributed by atoms with Crippen molar-refractivity contribution in [3.63, 3.8) is 0 Å². The van der Waals surface area contributed by atoms with Gasteiger partial charge in [-0.25, -0.2) is 4.79 Å². The number of nitrogens with one attached hydrogen (secondary N) is 1. The van der Waals surface area contributed by atoms with Crippen molar-refractivity contribution < 1.29 is 9.53 Å². The maximum atomic E-state index is 13.4. The van der Waals surface area contributed by atoms with Crippen LogP contribution in [0, 0.1) is 13.8 Å². The minimum absolute atomic E-state index is 0.136. The van der Waals surface area contributed by atoms with Crippen LogP contribution in [0.25, 0.3) is 0 Å². The molecule has 162 valence electrons. The first-order valence-corrected chi connectivity index (χ1v) is 11.7. The molecule has 1 N–H and O–H groups in total. The van der Waals surface area contributed by atoms with E-state index in [4.69, 9.17) is 16.3 Å². The monoisotopic (exact) mass is 454 g/mol. The van der Waals surface area contributed by atoms with Gasteiger partial charge in [0.05, 0.1) is 23.9 Å². The van der Waals surface area contributed by atoms with Crippen LogP contribution in [0.3, 0.4) is 0 Å². The number of amides is 2. The lowest BCUT2D eigenvalue weighted by molar-refractivity contribution is 0.195. The minimum atomic E-state index is -0.138. The second kappa shape index (κ2) is 8.93. The average molecular weight is 455 g/mol. The highest BCUT2D eigenvalue weighted by atomic mass is 35.5. The second-order valence-electron chi connectivity index (χ2n) is 7.87. The Balaban J connectivity index is 1.73. The molecule has 4 rings (SSSR count). The summed E-state index contributed by atoms with van der Waals surface area (Å²) in [5, 5.41) is 3.58. The molecule has 2 aromatic carbocycles. The van der Waals surface area contributed by atoms with E-state index in [-0.39, 0.29) is 12.1 Å². The van der Waals surface area contributed by atoms with E-state index in [2.05, 4.69) is 31.3 Å². The standard InChI is InChI=1S/C25H27ClN2O2S/c1-5-19-16(3)31-24-20(19)12-13-28(23(24)17-7-9-18(30-4)10-8-17)25(29)27-22-11-6-15(2)14-21(22)26/h6-11,14,23H,5,12-13H2,1-4H3,(H,27,29)/t23-/m1/s1. The SMILES string of the molecule is CCc1c(C)sc2c1CCN(C(=O)Nc1ccc(C)cc1Cl)[C@@H]2c1ccc(OC)cc1. The van der Waals surface area contributed by atoms with Crippen molar-refractivity contribution in [2.24, 2.45) is 0 Å². The molecular formula is C25H27ClN2O2S. The number of aryl methyl sites for hydroxylation is 2. The summed E-state index contributed by atoms with van der Waals surface area (Å²) >= 11 is 8.19. The Morgan fingerprint density at radius 3 is 2.61 bits per heavy atom. The molecule has 0 aliphatic carbocycles. The Bertz CT molecular complexity index is 1110. The van der Waals surface area contributed by atoms with E-state index < -0.39 is 0 Å². The van der Waals surface area contributed by atoms with Crippen LogP contribution >= 0.6 is 22.9 Å². The van der Waals surface area contributed by atoms with E-state index >= 15 is 0 Å². The van der Waals surface area contributed by atoms with Crippen LogP contribution in [0.15, 0.2) is 42.5 Å². The first-order valence-electron chi connectivity index (χ1n) is 10.5. The van der Waals surface area contributed by atoms with Crippen molar-refractivity contribution in [1.82, 2.24) is 4.90 Å². The molecule has 0 bridgehead atoms. The van der Waals surface area contributed by atoms with Crippen molar-refractivity contribution in [1.29, 1.82) is 0 Å². The zero-order valence-corrected chi connectivity index (χ0v) is 19.9. The number of anilines is 1. The van der Waals surface area contributed by atoms with Crippen LogP contribution in [0.4, 0.5) is 10.5 Å². The molecule has 3 aromatic rings. The third-order valence-corrected chi connectivity index (χ3v) is 7.48. The molecular weight excluding hydrogens is 428 g/mol. The quantitative estimate of drug-likeness (QED) is 0.472. The number of benzene rings is 2. The van der Waals surface area contributed by atoms with Crippen LogP contribution in [0.1, 0.15) is 45.0 Å². The van der Waals surface area contributed by atoms with Crippen LogP contribution in [0.5, 0.6) is 5.75 Å². The van der Waals surface area contributed by atoms with Gasteiger partial charge in [-0.1, -0.05) is 36.7 Å². The lowest BCUT2D eigenvalue weighted by atomic mass is 9.92. The van der Waals surface area contributed by atoms with E-state index in [1.54, 1.807) is 7.11 Å². The van der Waals surface area contributed by atoms with E-state index in [1.165, 1.54) is 20.9 Å². The van der Waals surface area contributed by atoms with Gasteiger partial charge in [0.15, 0.2) is 0 Å². The summed E-state index contributed by atoms with van der Waals surface area (Å²) in [6, 6.07) is 13.4. The van der Waals surface area contributed by atoms with E-state index in [0.29, 0.717) is 17.3 Å². The fourth-order valence-electron chi connectivity index (χ4n) is 4.35. The van der Waals surface area contributed by atoms with Crippen LogP contribution in [-0.2, 0) is 12.8 Å². The normalized spacial score (nSPS) is 15.5. The fourth-order valence-corrected chi connectivity index (χ4v) is 6.08. The minimum Gasteiger partial charge on any atom is -0.497 e. The number of ether oxygens (including phenoxy) is 1. The summed E-state index contributed by atoms with van der Waals surface area (Å²) in [5.41, 5.74) is 5.61. The first-order chi connectivity index (χ1) is 14.9. The molecule has 6 heteroatoms. The zero-order chi connectivity index (χ0) is 22.1. The molecule has 0 fully saturated rings. The van der Waals surface area contributed by atoms with Gasteiger partial charge in [0.25, 0.3) is 0 Å². The van der Waals surface area contributed by atoms with E-state index in [1.807, 2.05) is 53.5 Å². The number of hydrogen-bond donors (Lipinski definition) is 1. The summed E-state index contributed by atoms with van der Waals surface area (Å²) in [6.07, 6.45) is 1.88. The smallest absolute Gasteiger partial charge is 0.322 e. The molecule has 1 aromatic heterocycles. The van der Waals surface area contributed by atoms with Crippen LogP contribution in [0.2, 0.25) is 5.02 Å². The van der Waals surface area contributed by atoms with Gasteiger partial charge in [0.2, 0.25) is 0 Å². The molecule has 2 amide bonds. The van der Waals surface area contributed by atoms with Gasteiger partial charge < -0.3 is 15.0 Å². The average Bonchev–Trinajstić information content (AvgIpc) is 3.10. The number of carbonyl (C=O) groups excluding carboxylic acids is 1. The predicted octanol–water partition coefficient (Wildman–Crippen LogP) is 6.77. The largest absolute Gasteiger partial charge is 0.497 e. The molecule has 0 unspecified atom stereocenters. The molecule has 1 aliphatic heterocycles. The van der Waals surface area contributed by atoms with Gasteiger partial charge in [-0.15, -0.1) is 11.3 Å². The number of nitrogens with zero attached hydrogens (tertiary/aromatic N) is 1. The van der Waals surface area contributed by atoms with Gasteiger partial charge in [-0.3, -0.25) is 0 Å². The molecule has 2 heterocycles. The molecule has 31 heavy (non-hydrogen) atoms. The van der Waals surface area contributed by atoms with Gasteiger partial charge in [-0.2, -0.15) is 0 Å². The topological polar surface area (TPSA) is 41.6 Å². The highest BCUT2D eigenvalue weighted by molar-refractivity contribution is 7.12. The molecule has 0 saturated heterocycles. The summed E-state index contributed by atoms with van der Waals surface area (Å²) in [5.74, 6) is 0.804. The summed E-state index contributed by atoms with van der Waals surface area (Å²) in [7, 11) is 1.66. The molecule has 1 atom stereocenters. The lowest BCUT2D eigenvalue weighted by Gasteiger charge is -2.36. The lowest BCUT2D eigenvalue weighted by Crippen LogP contribution is -2.42. The number of rotatable bonds is 4. The van der Waals surface area contributed by atoms with Gasteiger partial charge >= 0.3 is 6.03 Å². The maximum absolute atomic E-state index is 13.4. The molecule has 0 radical (unpaired) electrons. The highest BCUT2D eigenvalue weighted by Crippen LogP contribution is 2.43. The first kappa shape index (κ1) is 21.7. The Hall–Kier alpha value is -2.50. The Labute approximate surface area is 192 Å². The third kappa shape index (κ3) is 4.17. The molecule has 0 saturated carbocycles.